The van der Waals surface area contributed by atoms with E-state index in [4.69, 9.17) is 10.8 Å². The highest BCUT2D eigenvalue weighted by Gasteiger charge is 2.21. The summed E-state index contributed by atoms with van der Waals surface area (Å²) in [6, 6.07) is 3.64. The summed E-state index contributed by atoms with van der Waals surface area (Å²) in [6.07, 6.45) is 1.06. The van der Waals surface area contributed by atoms with Gasteiger partial charge in [-0.3, -0.25) is 0 Å². The smallest absolute Gasteiger partial charge is 0.159 e. The largest absolute Gasteiger partial charge is 0.396 e. The van der Waals surface area contributed by atoms with E-state index in [9.17, 15) is 8.78 Å². The highest BCUT2D eigenvalue weighted by atomic mass is 19.2. The lowest BCUT2D eigenvalue weighted by Crippen LogP contribution is -2.33. The molecule has 0 saturated carbocycles. The summed E-state index contributed by atoms with van der Waals surface area (Å²) in [5.41, 5.74) is 5.74. The average Bonchev–Trinajstić information content (AvgIpc) is 2.19. The number of nitrogens with two attached hydrogens (primary N) is 1. The molecule has 0 heterocycles. The van der Waals surface area contributed by atoms with Gasteiger partial charge in [-0.05, 0) is 37.5 Å². The van der Waals surface area contributed by atoms with Gasteiger partial charge in [0, 0.05) is 12.1 Å². The zero-order valence-corrected chi connectivity index (χ0v) is 8.63. The van der Waals surface area contributed by atoms with E-state index in [1.165, 1.54) is 6.07 Å². The third kappa shape index (κ3) is 2.97. The van der Waals surface area contributed by atoms with E-state index in [2.05, 4.69) is 0 Å². The Labute approximate surface area is 87.7 Å². The summed E-state index contributed by atoms with van der Waals surface area (Å²) in [7, 11) is 0. The van der Waals surface area contributed by atoms with Crippen LogP contribution in [-0.4, -0.2) is 11.7 Å². The van der Waals surface area contributed by atoms with Crippen LogP contribution in [0.4, 0.5) is 8.78 Å². The van der Waals surface area contributed by atoms with Crippen molar-refractivity contribution in [3.8, 4) is 0 Å². The fourth-order valence-electron chi connectivity index (χ4n) is 1.44. The van der Waals surface area contributed by atoms with Crippen molar-refractivity contribution in [1.29, 1.82) is 0 Å². The number of halogens is 2. The monoisotopic (exact) mass is 215 g/mol. The second-order valence-electron chi connectivity index (χ2n) is 3.87. The number of hydrogen-bond donors (Lipinski definition) is 2. The number of rotatable bonds is 4. The Morgan fingerprint density at radius 2 is 2.00 bits per heavy atom. The van der Waals surface area contributed by atoms with Crippen LogP contribution in [0.5, 0.6) is 0 Å². The Morgan fingerprint density at radius 3 is 2.53 bits per heavy atom. The molecule has 84 valence electrons. The number of hydrogen-bond acceptors (Lipinski definition) is 2. The molecule has 2 nitrogen and oxygen atoms in total. The molecule has 0 aromatic heterocycles. The number of benzene rings is 1. The molecule has 0 bridgehead atoms. The topological polar surface area (TPSA) is 46.2 Å². The molecular weight excluding hydrogens is 200 g/mol. The molecule has 0 fully saturated rings. The molecule has 1 aromatic rings. The Morgan fingerprint density at radius 1 is 1.33 bits per heavy atom. The predicted molar refractivity (Wildman–Crippen MR) is 54.2 cm³/mol. The van der Waals surface area contributed by atoms with Crippen LogP contribution >= 0.6 is 0 Å². The lowest BCUT2D eigenvalue weighted by Gasteiger charge is -2.25. The van der Waals surface area contributed by atoms with E-state index >= 15 is 0 Å². The lowest BCUT2D eigenvalue weighted by atomic mass is 9.88. The summed E-state index contributed by atoms with van der Waals surface area (Å²) in [4.78, 5) is 0. The number of aliphatic hydroxyl groups is 1. The summed E-state index contributed by atoms with van der Waals surface area (Å²) in [6.45, 7) is 1.77. The quantitative estimate of drug-likeness (QED) is 0.806. The zero-order valence-electron chi connectivity index (χ0n) is 8.63. The minimum atomic E-state index is -0.895. The molecule has 1 aromatic carbocycles. The van der Waals surface area contributed by atoms with Gasteiger partial charge in [-0.1, -0.05) is 6.07 Å². The maximum atomic E-state index is 13.0. The minimum absolute atomic E-state index is 0.0382. The van der Waals surface area contributed by atoms with E-state index < -0.39 is 17.2 Å². The van der Waals surface area contributed by atoms with E-state index in [0.29, 0.717) is 18.4 Å². The van der Waals surface area contributed by atoms with E-state index in [0.717, 1.165) is 12.1 Å². The van der Waals surface area contributed by atoms with Gasteiger partial charge in [-0.15, -0.1) is 0 Å². The molecule has 4 heteroatoms. The summed E-state index contributed by atoms with van der Waals surface area (Å²) >= 11 is 0. The van der Waals surface area contributed by atoms with Crippen molar-refractivity contribution in [2.75, 3.05) is 6.61 Å². The molecule has 1 atom stereocenters. The van der Waals surface area contributed by atoms with E-state index in [1.54, 1.807) is 6.92 Å². The van der Waals surface area contributed by atoms with Crippen LogP contribution < -0.4 is 5.73 Å². The Hall–Kier alpha value is -1.00. The van der Waals surface area contributed by atoms with Crippen LogP contribution in [-0.2, 0) is 5.54 Å². The van der Waals surface area contributed by atoms with Crippen LogP contribution in [0.2, 0.25) is 0 Å². The summed E-state index contributed by atoms with van der Waals surface area (Å²) in [5, 5.41) is 8.69. The van der Waals surface area contributed by atoms with Crippen LogP contribution in [0.25, 0.3) is 0 Å². The van der Waals surface area contributed by atoms with Crippen molar-refractivity contribution >= 4 is 0 Å². The maximum Gasteiger partial charge on any atom is 0.159 e. The second kappa shape index (κ2) is 4.68. The van der Waals surface area contributed by atoms with Crippen molar-refractivity contribution in [3.05, 3.63) is 35.4 Å². The molecule has 1 unspecified atom stereocenters. The van der Waals surface area contributed by atoms with Gasteiger partial charge in [-0.25, -0.2) is 8.78 Å². The molecule has 0 aliphatic rings. The second-order valence-corrected chi connectivity index (χ2v) is 3.87. The minimum Gasteiger partial charge on any atom is -0.396 e. The Balaban J connectivity index is 2.89. The van der Waals surface area contributed by atoms with Gasteiger partial charge in [0.1, 0.15) is 0 Å². The molecule has 0 spiro atoms. The first-order valence-electron chi connectivity index (χ1n) is 4.82. The molecule has 0 saturated heterocycles. The van der Waals surface area contributed by atoms with Crippen LogP contribution in [0.15, 0.2) is 18.2 Å². The Kier molecular flexibility index (Phi) is 3.77. The standard InChI is InChI=1S/C11H15F2NO/c1-11(14,5-2-6-15)8-3-4-9(12)10(13)7-8/h3-4,7,15H,2,5-6,14H2,1H3. The molecule has 0 aliphatic carbocycles. The third-order valence-corrected chi connectivity index (χ3v) is 2.43. The van der Waals surface area contributed by atoms with Crippen molar-refractivity contribution in [3.63, 3.8) is 0 Å². The highest BCUT2D eigenvalue weighted by molar-refractivity contribution is 5.24. The van der Waals surface area contributed by atoms with Gasteiger partial charge in [-0.2, -0.15) is 0 Å². The van der Waals surface area contributed by atoms with Crippen LogP contribution in [0, 0.1) is 11.6 Å². The van der Waals surface area contributed by atoms with Gasteiger partial charge in [0.05, 0.1) is 0 Å². The molecule has 1 rings (SSSR count). The van der Waals surface area contributed by atoms with Crippen LogP contribution in [0.1, 0.15) is 25.3 Å². The Bertz CT molecular complexity index is 339. The van der Waals surface area contributed by atoms with Crippen molar-refractivity contribution in [2.45, 2.75) is 25.3 Å². The van der Waals surface area contributed by atoms with Crippen molar-refractivity contribution in [1.82, 2.24) is 0 Å². The van der Waals surface area contributed by atoms with Crippen molar-refractivity contribution in [2.24, 2.45) is 5.73 Å². The van der Waals surface area contributed by atoms with Gasteiger partial charge in [0.15, 0.2) is 11.6 Å². The highest BCUT2D eigenvalue weighted by Crippen LogP contribution is 2.24. The normalized spacial score (nSPS) is 15.0. The number of aliphatic hydroxyl groups excluding tert-OH is 1. The molecule has 3 N–H and O–H groups in total. The molecule has 15 heavy (non-hydrogen) atoms. The van der Waals surface area contributed by atoms with Crippen LogP contribution in [0.3, 0.4) is 0 Å². The van der Waals surface area contributed by atoms with Gasteiger partial charge in [0.2, 0.25) is 0 Å². The first-order valence-corrected chi connectivity index (χ1v) is 4.82. The molecule has 0 radical (unpaired) electrons. The third-order valence-electron chi connectivity index (χ3n) is 2.43. The first kappa shape index (κ1) is 12.1. The molecule has 0 amide bonds. The lowest BCUT2D eigenvalue weighted by molar-refractivity contribution is 0.265. The summed E-state index contributed by atoms with van der Waals surface area (Å²) in [5.74, 6) is -1.77. The van der Waals surface area contributed by atoms with Gasteiger partial charge >= 0.3 is 0 Å². The van der Waals surface area contributed by atoms with Gasteiger partial charge < -0.3 is 10.8 Å². The molecule has 0 aliphatic heterocycles. The predicted octanol–water partition coefficient (Wildman–Crippen LogP) is 1.91. The fraction of sp³-hybridized carbons (Fsp3) is 0.455. The first-order chi connectivity index (χ1) is 6.97. The fourth-order valence-corrected chi connectivity index (χ4v) is 1.44. The van der Waals surface area contributed by atoms with Gasteiger partial charge in [0.25, 0.3) is 0 Å². The van der Waals surface area contributed by atoms with E-state index in [1.807, 2.05) is 0 Å². The SMILES string of the molecule is CC(N)(CCCO)c1ccc(F)c(F)c1. The zero-order chi connectivity index (χ0) is 11.5. The average molecular weight is 215 g/mol. The van der Waals surface area contributed by atoms with E-state index in [-0.39, 0.29) is 6.61 Å². The summed E-state index contributed by atoms with van der Waals surface area (Å²) < 4.78 is 25.6. The maximum absolute atomic E-state index is 13.0. The molecular formula is C11H15F2NO. The van der Waals surface area contributed by atoms with Crippen molar-refractivity contribution < 1.29 is 13.9 Å².